The SMILES string of the molecule is CNC(=O)NC(=O)COC(=O)c1cc2c(C)nn(-c3ccccc3)c2s1. The van der Waals surface area contributed by atoms with Gasteiger partial charge in [0.25, 0.3) is 5.91 Å². The monoisotopic (exact) mass is 372 g/mol. The fourth-order valence-corrected chi connectivity index (χ4v) is 3.40. The summed E-state index contributed by atoms with van der Waals surface area (Å²) in [7, 11) is 1.38. The van der Waals surface area contributed by atoms with Crippen LogP contribution in [-0.4, -0.2) is 41.3 Å². The molecule has 3 aromatic rings. The molecule has 2 aromatic heterocycles. The fourth-order valence-electron chi connectivity index (χ4n) is 2.32. The number of benzene rings is 1. The number of amides is 3. The molecule has 1 aromatic carbocycles. The third-order valence-electron chi connectivity index (χ3n) is 3.56. The largest absolute Gasteiger partial charge is 0.451 e. The maximum atomic E-state index is 12.2. The molecule has 8 nitrogen and oxygen atoms in total. The van der Waals surface area contributed by atoms with Crippen molar-refractivity contribution < 1.29 is 19.1 Å². The summed E-state index contributed by atoms with van der Waals surface area (Å²) in [6, 6.07) is 10.6. The van der Waals surface area contributed by atoms with E-state index in [9.17, 15) is 14.4 Å². The van der Waals surface area contributed by atoms with Crippen molar-refractivity contribution in [2.75, 3.05) is 13.7 Å². The normalized spacial score (nSPS) is 10.5. The van der Waals surface area contributed by atoms with E-state index in [1.165, 1.54) is 18.4 Å². The summed E-state index contributed by atoms with van der Waals surface area (Å²) < 4.78 is 6.74. The summed E-state index contributed by atoms with van der Waals surface area (Å²) in [6.07, 6.45) is 0. The maximum absolute atomic E-state index is 12.2. The molecule has 2 heterocycles. The summed E-state index contributed by atoms with van der Waals surface area (Å²) in [5.74, 6) is -1.33. The van der Waals surface area contributed by atoms with Gasteiger partial charge in [0.05, 0.1) is 11.4 Å². The zero-order valence-corrected chi connectivity index (χ0v) is 14.9. The van der Waals surface area contributed by atoms with Gasteiger partial charge in [0.2, 0.25) is 0 Å². The number of nitrogens with one attached hydrogen (secondary N) is 2. The van der Waals surface area contributed by atoms with Crippen LogP contribution >= 0.6 is 11.3 Å². The number of hydrogen-bond acceptors (Lipinski definition) is 6. The van der Waals surface area contributed by atoms with E-state index in [0.29, 0.717) is 4.88 Å². The minimum atomic E-state index is -0.703. The van der Waals surface area contributed by atoms with Crippen LogP contribution in [0.4, 0.5) is 4.79 Å². The Balaban J connectivity index is 1.78. The molecule has 134 valence electrons. The van der Waals surface area contributed by atoms with Gasteiger partial charge in [-0.15, -0.1) is 11.3 Å². The smallest absolute Gasteiger partial charge is 0.348 e. The number of fused-ring (bicyclic) bond motifs is 1. The number of rotatable bonds is 4. The molecular formula is C17H16N4O4S. The van der Waals surface area contributed by atoms with Crippen molar-refractivity contribution in [2.45, 2.75) is 6.92 Å². The molecule has 0 bridgehead atoms. The number of urea groups is 1. The van der Waals surface area contributed by atoms with Crippen molar-refractivity contribution >= 4 is 39.5 Å². The van der Waals surface area contributed by atoms with Crippen molar-refractivity contribution in [3.8, 4) is 5.69 Å². The average molecular weight is 372 g/mol. The van der Waals surface area contributed by atoms with Crippen LogP contribution in [0.15, 0.2) is 36.4 Å². The number of thiophene rings is 1. The van der Waals surface area contributed by atoms with Crippen molar-refractivity contribution in [3.05, 3.63) is 47.0 Å². The number of aryl methyl sites for hydroxylation is 1. The number of imide groups is 1. The Morgan fingerprint density at radius 3 is 2.65 bits per heavy atom. The first kappa shape index (κ1) is 17.6. The Kier molecular flexibility index (Phi) is 4.99. The highest BCUT2D eigenvalue weighted by molar-refractivity contribution is 7.20. The van der Waals surface area contributed by atoms with Crippen LogP contribution in [0.5, 0.6) is 0 Å². The van der Waals surface area contributed by atoms with E-state index >= 15 is 0 Å². The number of carbonyl (C=O) groups excluding carboxylic acids is 3. The number of carbonyl (C=O) groups is 3. The van der Waals surface area contributed by atoms with Crippen LogP contribution in [0.25, 0.3) is 15.9 Å². The highest BCUT2D eigenvalue weighted by atomic mass is 32.1. The van der Waals surface area contributed by atoms with Crippen LogP contribution in [0.3, 0.4) is 0 Å². The fraction of sp³-hybridized carbons (Fsp3) is 0.176. The maximum Gasteiger partial charge on any atom is 0.348 e. The average Bonchev–Trinajstić information content (AvgIpc) is 3.21. The van der Waals surface area contributed by atoms with Gasteiger partial charge in [0.1, 0.15) is 9.71 Å². The van der Waals surface area contributed by atoms with Crippen molar-refractivity contribution in [1.82, 2.24) is 20.4 Å². The van der Waals surface area contributed by atoms with Gasteiger partial charge in [-0.3, -0.25) is 10.1 Å². The molecule has 2 N–H and O–H groups in total. The molecule has 26 heavy (non-hydrogen) atoms. The minimum Gasteiger partial charge on any atom is -0.451 e. The molecule has 0 unspecified atom stereocenters. The summed E-state index contributed by atoms with van der Waals surface area (Å²) in [5, 5.41) is 9.61. The molecule has 0 spiro atoms. The second kappa shape index (κ2) is 7.36. The lowest BCUT2D eigenvalue weighted by Crippen LogP contribution is -2.39. The van der Waals surface area contributed by atoms with E-state index in [1.54, 1.807) is 10.7 Å². The third-order valence-corrected chi connectivity index (χ3v) is 4.65. The van der Waals surface area contributed by atoms with E-state index in [4.69, 9.17) is 4.74 Å². The Hall–Kier alpha value is -3.20. The van der Waals surface area contributed by atoms with E-state index in [2.05, 4.69) is 10.4 Å². The molecule has 3 amide bonds. The minimum absolute atomic E-state index is 0.359. The number of nitrogens with zero attached hydrogens (tertiary/aromatic N) is 2. The van der Waals surface area contributed by atoms with Crippen LogP contribution in [0, 0.1) is 6.92 Å². The van der Waals surface area contributed by atoms with Crippen LogP contribution < -0.4 is 10.6 Å². The summed E-state index contributed by atoms with van der Waals surface area (Å²) in [5.41, 5.74) is 1.67. The quantitative estimate of drug-likeness (QED) is 0.682. The highest BCUT2D eigenvalue weighted by Gasteiger charge is 2.19. The molecule has 3 rings (SSSR count). The van der Waals surface area contributed by atoms with Crippen LogP contribution in [-0.2, 0) is 9.53 Å². The Bertz CT molecular complexity index is 977. The van der Waals surface area contributed by atoms with Crippen molar-refractivity contribution in [2.24, 2.45) is 0 Å². The molecule has 0 aliphatic heterocycles. The van der Waals surface area contributed by atoms with Gasteiger partial charge < -0.3 is 10.1 Å². The predicted molar refractivity (Wildman–Crippen MR) is 96.6 cm³/mol. The molecule has 9 heteroatoms. The first-order valence-electron chi connectivity index (χ1n) is 7.73. The van der Waals surface area contributed by atoms with Crippen molar-refractivity contribution in [1.29, 1.82) is 0 Å². The number of hydrogen-bond donors (Lipinski definition) is 2. The van der Waals surface area contributed by atoms with Crippen molar-refractivity contribution in [3.63, 3.8) is 0 Å². The lowest BCUT2D eigenvalue weighted by molar-refractivity contribution is -0.123. The third kappa shape index (κ3) is 3.57. The van der Waals surface area contributed by atoms with Crippen LogP contribution in [0.2, 0.25) is 0 Å². The van der Waals surface area contributed by atoms with Gasteiger partial charge in [-0.2, -0.15) is 5.10 Å². The zero-order chi connectivity index (χ0) is 18.7. The second-order valence-electron chi connectivity index (χ2n) is 5.37. The van der Waals surface area contributed by atoms with Gasteiger partial charge in [0.15, 0.2) is 6.61 Å². The second-order valence-corrected chi connectivity index (χ2v) is 6.40. The van der Waals surface area contributed by atoms with E-state index in [-0.39, 0.29) is 0 Å². The molecule has 0 aliphatic rings. The first-order valence-corrected chi connectivity index (χ1v) is 8.54. The predicted octanol–water partition coefficient (Wildman–Crippen LogP) is 2.01. The van der Waals surface area contributed by atoms with Gasteiger partial charge in [-0.05, 0) is 25.1 Å². The molecule has 0 radical (unpaired) electrons. The topological polar surface area (TPSA) is 102 Å². The molecule has 0 atom stereocenters. The number of ether oxygens (including phenoxy) is 1. The lowest BCUT2D eigenvalue weighted by atomic mass is 10.3. The standard InChI is InChI=1S/C17H16N4O4S/c1-10-12-8-13(16(23)25-9-14(22)19-17(24)18-2)26-15(12)21(20-10)11-6-4-3-5-7-11/h3-8H,9H2,1-2H3,(H2,18,19,22,24). The zero-order valence-electron chi connectivity index (χ0n) is 14.1. The van der Waals surface area contributed by atoms with Gasteiger partial charge in [-0.25, -0.2) is 14.3 Å². The Morgan fingerprint density at radius 1 is 1.23 bits per heavy atom. The summed E-state index contributed by atoms with van der Waals surface area (Å²) >= 11 is 1.23. The lowest BCUT2D eigenvalue weighted by Gasteiger charge is -2.04. The molecule has 0 aliphatic carbocycles. The first-order chi connectivity index (χ1) is 12.5. The van der Waals surface area contributed by atoms with E-state index in [1.807, 2.05) is 42.6 Å². The Morgan fingerprint density at radius 2 is 1.96 bits per heavy atom. The number of para-hydroxylation sites is 1. The highest BCUT2D eigenvalue weighted by Crippen LogP contribution is 2.30. The van der Waals surface area contributed by atoms with Gasteiger partial charge >= 0.3 is 12.0 Å². The molecule has 0 fully saturated rings. The molecular weight excluding hydrogens is 356 g/mol. The summed E-state index contributed by atoms with van der Waals surface area (Å²) in [4.78, 5) is 35.9. The molecule has 0 saturated heterocycles. The van der Waals surface area contributed by atoms with Gasteiger partial charge in [-0.1, -0.05) is 18.2 Å². The van der Waals surface area contributed by atoms with E-state index < -0.39 is 24.5 Å². The van der Waals surface area contributed by atoms with Gasteiger partial charge in [0, 0.05) is 12.4 Å². The molecule has 0 saturated carbocycles. The van der Waals surface area contributed by atoms with Crippen LogP contribution in [0.1, 0.15) is 15.4 Å². The Labute approximate surface area is 152 Å². The number of esters is 1. The summed E-state index contributed by atoms with van der Waals surface area (Å²) in [6.45, 7) is 1.32. The van der Waals surface area contributed by atoms with E-state index in [0.717, 1.165) is 21.6 Å². The number of aromatic nitrogens is 2.